The molecule has 24 heavy (non-hydrogen) atoms. The largest absolute Gasteiger partial charge is 0.393 e. The summed E-state index contributed by atoms with van der Waals surface area (Å²) in [5.41, 5.74) is 9.42. The molecule has 1 aliphatic rings. The monoisotopic (exact) mass is 326 g/mol. The van der Waals surface area contributed by atoms with Gasteiger partial charge in [0.25, 0.3) is 0 Å². The summed E-state index contributed by atoms with van der Waals surface area (Å²) < 4.78 is 0. The Labute approximate surface area is 143 Å². The van der Waals surface area contributed by atoms with Gasteiger partial charge in [0.05, 0.1) is 0 Å². The predicted molar refractivity (Wildman–Crippen MR) is 99.3 cm³/mol. The fraction of sp³-hybridized carbons (Fsp3) is 0.444. The molecule has 0 spiro atoms. The number of nitrogens with zero attached hydrogens (tertiary/aromatic N) is 4. The van der Waals surface area contributed by atoms with Gasteiger partial charge in [-0.3, -0.25) is 0 Å². The number of hydrogen-bond acceptors (Lipinski definition) is 6. The molecule has 0 aliphatic carbocycles. The lowest BCUT2D eigenvalue weighted by Crippen LogP contribution is -2.46. The molecule has 128 valence electrons. The van der Waals surface area contributed by atoms with Crippen LogP contribution in [0.3, 0.4) is 0 Å². The Balaban J connectivity index is 1.68. The normalized spacial score (nSPS) is 15.5. The van der Waals surface area contributed by atoms with Gasteiger partial charge in [-0.1, -0.05) is 36.8 Å². The van der Waals surface area contributed by atoms with Crippen LogP contribution in [0.15, 0.2) is 30.6 Å². The summed E-state index contributed by atoms with van der Waals surface area (Å²) in [4.78, 5) is 13.4. The van der Waals surface area contributed by atoms with Gasteiger partial charge >= 0.3 is 0 Å². The molecule has 0 atom stereocenters. The van der Waals surface area contributed by atoms with Crippen molar-refractivity contribution in [2.45, 2.75) is 20.4 Å². The molecule has 0 unspecified atom stereocenters. The second-order valence-electron chi connectivity index (χ2n) is 6.22. The Morgan fingerprint density at radius 1 is 1.08 bits per heavy atom. The minimum Gasteiger partial charge on any atom is -0.393 e. The van der Waals surface area contributed by atoms with E-state index in [9.17, 15) is 0 Å². The van der Waals surface area contributed by atoms with Crippen molar-refractivity contribution in [3.05, 3.63) is 41.7 Å². The zero-order chi connectivity index (χ0) is 16.9. The highest BCUT2D eigenvalue weighted by molar-refractivity contribution is 5.75. The van der Waals surface area contributed by atoms with Crippen LogP contribution in [-0.4, -0.2) is 47.6 Å². The lowest BCUT2D eigenvalue weighted by Gasteiger charge is -2.35. The number of hydrogen-bond donors (Lipinski definition) is 2. The first-order valence-electron chi connectivity index (χ1n) is 8.54. The third kappa shape index (κ3) is 3.76. The molecule has 6 heteroatoms. The van der Waals surface area contributed by atoms with Gasteiger partial charge in [-0.15, -0.1) is 0 Å². The molecule has 1 saturated heterocycles. The van der Waals surface area contributed by atoms with Crippen LogP contribution in [-0.2, 0) is 6.54 Å². The van der Waals surface area contributed by atoms with E-state index in [0.717, 1.165) is 38.5 Å². The first-order chi connectivity index (χ1) is 11.7. The lowest BCUT2D eigenvalue weighted by atomic mass is 10.1. The molecule has 1 aromatic carbocycles. The van der Waals surface area contributed by atoms with Crippen LogP contribution in [0.4, 0.5) is 17.3 Å². The maximum Gasteiger partial charge on any atom is 0.157 e. The van der Waals surface area contributed by atoms with Crippen LogP contribution in [0.5, 0.6) is 0 Å². The van der Waals surface area contributed by atoms with E-state index >= 15 is 0 Å². The van der Waals surface area contributed by atoms with Gasteiger partial charge in [0.1, 0.15) is 12.0 Å². The minimum absolute atomic E-state index is 0.634. The molecule has 6 nitrogen and oxygen atoms in total. The highest BCUT2D eigenvalue weighted by Crippen LogP contribution is 2.27. The summed E-state index contributed by atoms with van der Waals surface area (Å²) in [5, 5.41) is 3.33. The zero-order valence-electron chi connectivity index (χ0n) is 14.5. The number of nitrogen functional groups attached to an aromatic ring is 1. The molecule has 0 bridgehead atoms. The summed E-state index contributed by atoms with van der Waals surface area (Å²) in [7, 11) is 0. The van der Waals surface area contributed by atoms with Crippen molar-refractivity contribution in [2.24, 2.45) is 0 Å². The number of likely N-dealkylation sites (N-methyl/N-ethyl adjacent to an activating group) is 1. The number of aromatic nitrogens is 2. The van der Waals surface area contributed by atoms with Crippen LogP contribution < -0.4 is 16.0 Å². The van der Waals surface area contributed by atoms with E-state index in [0.29, 0.717) is 18.1 Å². The summed E-state index contributed by atoms with van der Waals surface area (Å²) in [6.07, 6.45) is 1.59. The number of anilines is 3. The Kier molecular flexibility index (Phi) is 5.15. The molecule has 1 aliphatic heterocycles. The van der Waals surface area contributed by atoms with Crippen LogP contribution >= 0.6 is 0 Å². The van der Waals surface area contributed by atoms with Crippen LogP contribution in [0.25, 0.3) is 0 Å². The number of aryl methyl sites for hydroxylation is 1. The molecule has 0 radical (unpaired) electrons. The fourth-order valence-electron chi connectivity index (χ4n) is 2.95. The van der Waals surface area contributed by atoms with Crippen LogP contribution in [0.2, 0.25) is 0 Å². The fourth-order valence-corrected chi connectivity index (χ4v) is 2.95. The van der Waals surface area contributed by atoms with Gasteiger partial charge in [0.15, 0.2) is 11.6 Å². The number of nitrogens with two attached hydrogens (primary N) is 1. The maximum atomic E-state index is 6.33. The minimum atomic E-state index is 0.634. The highest BCUT2D eigenvalue weighted by atomic mass is 15.3. The van der Waals surface area contributed by atoms with E-state index in [1.807, 2.05) is 0 Å². The molecule has 3 rings (SSSR count). The molecular weight excluding hydrogens is 300 g/mol. The van der Waals surface area contributed by atoms with Crippen molar-refractivity contribution in [3.8, 4) is 0 Å². The first kappa shape index (κ1) is 16.5. The van der Waals surface area contributed by atoms with E-state index in [4.69, 9.17) is 5.73 Å². The van der Waals surface area contributed by atoms with Crippen molar-refractivity contribution in [2.75, 3.05) is 48.7 Å². The smallest absolute Gasteiger partial charge is 0.157 e. The number of benzene rings is 1. The van der Waals surface area contributed by atoms with E-state index in [1.165, 1.54) is 11.1 Å². The molecule has 3 N–H and O–H groups in total. The van der Waals surface area contributed by atoms with E-state index in [-0.39, 0.29) is 0 Å². The molecule has 0 saturated carbocycles. The SMILES string of the molecule is CCN1CCN(c2ncnc(NCc3ccc(C)cc3)c2N)CC1. The molecule has 2 aromatic rings. The van der Waals surface area contributed by atoms with Crippen molar-refractivity contribution < 1.29 is 0 Å². The summed E-state index contributed by atoms with van der Waals surface area (Å²) in [6.45, 7) is 10.1. The second kappa shape index (κ2) is 7.49. The molecule has 2 heterocycles. The topological polar surface area (TPSA) is 70.3 Å². The Hall–Kier alpha value is -2.34. The number of piperazine rings is 1. The number of nitrogens with one attached hydrogen (secondary N) is 1. The standard InChI is InChI=1S/C18H26N6/c1-3-23-8-10-24(11-9-23)18-16(19)17(21-13-22-18)20-12-15-6-4-14(2)5-7-15/h4-7,13H,3,8-12,19H2,1-2H3,(H,20,21,22). The van der Waals surface area contributed by atoms with Crippen molar-refractivity contribution in [3.63, 3.8) is 0 Å². The third-order valence-electron chi connectivity index (χ3n) is 4.56. The molecule has 0 amide bonds. The second-order valence-corrected chi connectivity index (χ2v) is 6.22. The molecule has 1 fully saturated rings. The number of rotatable bonds is 5. The van der Waals surface area contributed by atoms with Gasteiger partial charge in [-0.25, -0.2) is 9.97 Å². The summed E-state index contributed by atoms with van der Waals surface area (Å²) in [6, 6.07) is 8.45. The Morgan fingerprint density at radius 3 is 2.46 bits per heavy atom. The lowest BCUT2D eigenvalue weighted by molar-refractivity contribution is 0.270. The maximum absolute atomic E-state index is 6.33. The van der Waals surface area contributed by atoms with Crippen molar-refractivity contribution >= 4 is 17.3 Å². The van der Waals surface area contributed by atoms with E-state index < -0.39 is 0 Å². The van der Waals surface area contributed by atoms with Gasteiger partial charge in [0.2, 0.25) is 0 Å². The predicted octanol–water partition coefficient (Wildman–Crippen LogP) is 2.12. The summed E-state index contributed by atoms with van der Waals surface area (Å²) in [5.74, 6) is 1.55. The Bertz CT molecular complexity index is 662. The first-order valence-corrected chi connectivity index (χ1v) is 8.54. The summed E-state index contributed by atoms with van der Waals surface area (Å²) >= 11 is 0. The van der Waals surface area contributed by atoms with Gasteiger partial charge < -0.3 is 20.9 Å². The average Bonchev–Trinajstić information content (AvgIpc) is 2.62. The highest BCUT2D eigenvalue weighted by Gasteiger charge is 2.20. The molecular formula is C18H26N6. The van der Waals surface area contributed by atoms with Gasteiger partial charge in [-0.2, -0.15) is 0 Å². The van der Waals surface area contributed by atoms with Crippen LogP contribution in [0, 0.1) is 6.92 Å². The van der Waals surface area contributed by atoms with Crippen molar-refractivity contribution in [1.29, 1.82) is 0 Å². The van der Waals surface area contributed by atoms with Crippen LogP contribution in [0.1, 0.15) is 18.1 Å². The zero-order valence-corrected chi connectivity index (χ0v) is 14.5. The molecule has 1 aromatic heterocycles. The van der Waals surface area contributed by atoms with Crippen molar-refractivity contribution in [1.82, 2.24) is 14.9 Å². The third-order valence-corrected chi connectivity index (χ3v) is 4.56. The quantitative estimate of drug-likeness (QED) is 0.877. The van der Waals surface area contributed by atoms with E-state index in [2.05, 4.69) is 63.2 Å². The van der Waals surface area contributed by atoms with Gasteiger partial charge in [0, 0.05) is 32.7 Å². The van der Waals surface area contributed by atoms with Gasteiger partial charge in [-0.05, 0) is 19.0 Å². The average molecular weight is 326 g/mol. The Morgan fingerprint density at radius 2 is 1.79 bits per heavy atom. The van der Waals surface area contributed by atoms with E-state index in [1.54, 1.807) is 6.33 Å².